The molecule has 2 unspecified atom stereocenters. The van der Waals surface area contributed by atoms with E-state index in [0.29, 0.717) is 5.92 Å². The molecule has 2 atom stereocenters. The molecule has 1 aliphatic carbocycles. The molecule has 0 radical (unpaired) electrons. The minimum absolute atomic E-state index is 0.114. The van der Waals surface area contributed by atoms with Crippen molar-refractivity contribution < 1.29 is 9.90 Å². The van der Waals surface area contributed by atoms with Crippen LogP contribution < -0.4 is 0 Å². The van der Waals surface area contributed by atoms with E-state index >= 15 is 0 Å². The van der Waals surface area contributed by atoms with Crippen molar-refractivity contribution in [3.63, 3.8) is 0 Å². The van der Waals surface area contributed by atoms with Crippen molar-refractivity contribution in [1.82, 2.24) is 0 Å². The van der Waals surface area contributed by atoms with E-state index < -0.39 is 11.4 Å². The number of hydrogen-bond acceptors (Lipinski definition) is 1. The number of rotatable bonds is 3. The largest absolute Gasteiger partial charge is 0.481 e. The molecule has 0 aliphatic heterocycles. The molecule has 0 amide bonds. The fraction of sp³-hybridized carbons (Fsp3) is 0.562. The lowest BCUT2D eigenvalue weighted by Gasteiger charge is -2.20. The molecule has 2 heteroatoms. The Balaban J connectivity index is 2.33. The fourth-order valence-electron chi connectivity index (χ4n) is 2.83. The van der Waals surface area contributed by atoms with Crippen molar-refractivity contribution in [1.29, 1.82) is 0 Å². The van der Waals surface area contributed by atoms with E-state index in [1.54, 1.807) is 0 Å². The van der Waals surface area contributed by atoms with Crippen molar-refractivity contribution in [3.05, 3.63) is 35.4 Å². The van der Waals surface area contributed by atoms with Crippen LogP contribution in [0.2, 0.25) is 0 Å². The van der Waals surface area contributed by atoms with E-state index in [1.807, 2.05) is 12.1 Å². The Labute approximate surface area is 109 Å². The molecule has 0 saturated heterocycles. The van der Waals surface area contributed by atoms with Crippen molar-refractivity contribution in [2.75, 3.05) is 0 Å². The second-order valence-corrected chi connectivity index (χ2v) is 6.41. The van der Waals surface area contributed by atoms with E-state index in [1.165, 1.54) is 5.56 Å². The zero-order valence-electron chi connectivity index (χ0n) is 11.7. The highest BCUT2D eigenvalue weighted by Crippen LogP contribution is 2.56. The zero-order chi connectivity index (χ0) is 13.6. The van der Waals surface area contributed by atoms with Crippen LogP contribution in [0.4, 0.5) is 0 Å². The summed E-state index contributed by atoms with van der Waals surface area (Å²) in [6, 6.07) is 8.16. The summed E-state index contributed by atoms with van der Waals surface area (Å²) >= 11 is 0. The topological polar surface area (TPSA) is 37.3 Å². The normalized spacial score (nSPS) is 27.0. The third kappa shape index (κ3) is 1.94. The molecule has 0 aromatic heterocycles. The number of hydrogen-bond donors (Lipinski definition) is 1. The Morgan fingerprint density at radius 2 is 1.89 bits per heavy atom. The Bertz CT molecular complexity index is 453. The molecule has 98 valence electrons. The van der Waals surface area contributed by atoms with Crippen LogP contribution in [-0.2, 0) is 15.6 Å². The lowest BCUT2D eigenvalue weighted by atomic mass is 9.84. The van der Waals surface area contributed by atoms with Crippen molar-refractivity contribution >= 4 is 5.97 Å². The van der Waals surface area contributed by atoms with Gasteiger partial charge in [0.1, 0.15) is 0 Å². The van der Waals surface area contributed by atoms with Crippen molar-refractivity contribution in [3.8, 4) is 0 Å². The number of carboxylic acids is 1. The highest BCUT2D eigenvalue weighted by atomic mass is 16.4. The summed E-state index contributed by atoms with van der Waals surface area (Å²) < 4.78 is 0. The molecule has 1 fully saturated rings. The molecule has 2 nitrogen and oxygen atoms in total. The van der Waals surface area contributed by atoms with Crippen LogP contribution in [0.15, 0.2) is 24.3 Å². The van der Waals surface area contributed by atoms with Gasteiger partial charge < -0.3 is 5.11 Å². The Hall–Kier alpha value is -1.31. The lowest BCUT2D eigenvalue weighted by Crippen LogP contribution is -2.22. The fourth-order valence-corrected chi connectivity index (χ4v) is 2.83. The maximum absolute atomic E-state index is 11.5. The van der Waals surface area contributed by atoms with Crippen LogP contribution in [0.25, 0.3) is 0 Å². The summed E-state index contributed by atoms with van der Waals surface area (Å²) in [5, 5.41) is 9.49. The average molecular weight is 246 g/mol. The summed E-state index contributed by atoms with van der Waals surface area (Å²) in [5.41, 5.74) is 1.73. The van der Waals surface area contributed by atoms with Crippen molar-refractivity contribution in [2.24, 2.45) is 5.92 Å². The molecule has 1 N–H and O–H groups in total. The maximum Gasteiger partial charge on any atom is 0.314 e. The number of benzene rings is 1. The molecule has 0 heterocycles. The second-order valence-electron chi connectivity index (χ2n) is 6.41. The molecule has 0 bridgehead atoms. The smallest absolute Gasteiger partial charge is 0.314 e. The Kier molecular flexibility index (Phi) is 3.00. The van der Waals surface area contributed by atoms with Gasteiger partial charge in [0.15, 0.2) is 0 Å². The average Bonchev–Trinajstić information content (AvgIpc) is 3.04. The van der Waals surface area contributed by atoms with Gasteiger partial charge in [-0.05, 0) is 28.9 Å². The molecular formula is C16H22O2. The van der Waals surface area contributed by atoms with Crippen LogP contribution in [0.3, 0.4) is 0 Å². The second kappa shape index (κ2) is 4.11. The predicted molar refractivity (Wildman–Crippen MR) is 72.9 cm³/mol. The lowest BCUT2D eigenvalue weighted by molar-refractivity contribution is -0.140. The van der Waals surface area contributed by atoms with Gasteiger partial charge in [0, 0.05) is 0 Å². The van der Waals surface area contributed by atoms with Crippen LogP contribution in [0.1, 0.15) is 51.7 Å². The molecule has 2 rings (SSSR count). The standard InChI is InChI=1S/C16H22O2/c1-5-11-10-16(11,14(17)18)13-8-6-12(7-9-13)15(2,3)4/h6-9,11H,5,10H2,1-4H3,(H,17,18). The van der Waals surface area contributed by atoms with E-state index in [-0.39, 0.29) is 5.41 Å². The van der Waals surface area contributed by atoms with E-state index in [4.69, 9.17) is 0 Å². The van der Waals surface area contributed by atoms with E-state index in [2.05, 4.69) is 39.8 Å². The van der Waals surface area contributed by atoms with Crippen LogP contribution in [-0.4, -0.2) is 11.1 Å². The molecule has 1 aromatic rings. The van der Waals surface area contributed by atoms with Gasteiger partial charge in [0.05, 0.1) is 5.41 Å². The first-order valence-electron chi connectivity index (χ1n) is 6.66. The molecule has 0 spiro atoms. The van der Waals surface area contributed by atoms with Gasteiger partial charge in [0.25, 0.3) is 0 Å². The highest BCUT2D eigenvalue weighted by molar-refractivity contribution is 5.85. The summed E-state index contributed by atoms with van der Waals surface area (Å²) in [7, 11) is 0. The van der Waals surface area contributed by atoms with Gasteiger partial charge in [-0.3, -0.25) is 4.79 Å². The van der Waals surface area contributed by atoms with Gasteiger partial charge in [-0.1, -0.05) is 58.4 Å². The Morgan fingerprint density at radius 1 is 1.33 bits per heavy atom. The molecule has 1 saturated carbocycles. The SMILES string of the molecule is CCC1CC1(C(=O)O)c1ccc(C(C)(C)C)cc1. The van der Waals surface area contributed by atoms with Gasteiger partial charge in [-0.2, -0.15) is 0 Å². The third-order valence-corrected chi connectivity index (χ3v) is 4.25. The maximum atomic E-state index is 11.5. The summed E-state index contributed by atoms with van der Waals surface area (Å²) in [4.78, 5) is 11.5. The van der Waals surface area contributed by atoms with Gasteiger partial charge in [-0.25, -0.2) is 0 Å². The van der Waals surface area contributed by atoms with E-state index in [9.17, 15) is 9.90 Å². The van der Waals surface area contributed by atoms with Crippen LogP contribution in [0.5, 0.6) is 0 Å². The summed E-state index contributed by atoms with van der Waals surface area (Å²) in [5.74, 6) is -0.367. The first kappa shape index (κ1) is 13.1. The first-order chi connectivity index (χ1) is 8.32. The molecular weight excluding hydrogens is 224 g/mol. The Morgan fingerprint density at radius 3 is 2.22 bits per heavy atom. The van der Waals surface area contributed by atoms with Crippen LogP contribution in [0, 0.1) is 5.92 Å². The summed E-state index contributed by atoms with van der Waals surface area (Å²) in [6.45, 7) is 8.57. The molecule has 1 aromatic carbocycles. The minimum Gasteiger partial charge on any atom is -0.481 e. The summed E-state index contributed by atoms with van der Waals surface area (Å²) in [6.07, 6.45) is 1.72. The minimum atomic E-state index is -0.669. The predicted octanol–water partition coefficient (Wildman–Crippen LogP) is 3.74. The van der Waals surface area contributed by atoms with Crippen molar-refractivity contribution in [2.45, 2.75) is 51.4 Å². The highest BCUT2D eigenvalue weighted by Gasteiger charge is 2.60. The monoisotopic (exact) mass is 246 g/mol. The first-order valence-corrected chi connectivity index (χ1v) is 6.66. The number of carbonyl (C=O) groups is 1. The van der Waals surface area contributed by atoms with E-state index in [0.717, 1.165) is 18.4 Å². The van der Waals surface area contributed by atoms with Gasteiger partial charge >= 0.3 is 5.97 Å². The quantitative estimate of drug-likeness (QED) is 0.882. The number of aliphatic carboxylic acids is 1. The zero-order valence-corrected chi connectivity index (χ0v) is 11.7. The van der Waals surface area contributed by atoms with Gasteiger partial charge in [0.2, 0.25) is 0 Å². The molecule has 18 heavy (non-hydrogen) atoms. The van der Waals surface area contributed by atoms with Crippen LogP contribution >= 0.6 is 0 Å². The third-order valence-electron chi connectivity index (χ3n) is 4.25. The molecule has 1 aliphatic rings. The number of carboxylic acid groups (broad SMARTS) is 1. The van der Waals surface area contributed by atoms with Gasteiger partial charge in [-0.15, -0.1) is 0 Å².